The minimum absolute atomic E-state index is 0.0799. The summed E-state index contributed by atoms with van der Waals surface area (Å²) in [4.78, 5) is 16.6. The maximum absolute atomic E-state index is 14.5. The van der Waals surface area contributed by atoms with E-state index in [4.69, 9.17) is 4.74 Å². The number of amides is 1. The van der Waals surface area contributed by atoms with Gasteiger partial charge in [0.15, 0.2) is 11.6 Å². The summed E-state index contributed by atoms with van der Waals surface area (Å²) in [5, 5.41) is 3.63. The molecule has 4 nitrogen and oxygen atoms in total. The van der Waals surface area contributed by atoms with Crippen LogP contribution in [-0.4, -0.2) is 17.5 Å². The summed E-state index contributed by atoms with van der Waals surface area (Å²) >= 11 is 0. The molecule has 0 saturated heterocycles. The van der Waals surface area contributed by atoms with Crippen molar-refractivity contribution >= 4 is 16.8 Å². The molecule has 1 heterocycles. The molecule has 0 aliphatic rings. The smallest absolute Gasteiger partial charge is 0.251 e. The Morgan fingerprint density at radius 1 is 1.23 bits per heavy atom. The van der Waals surface area contributed by atoms with Gasteiger partial charge in [-0.3, -0.25) is 9.78 Å². The molecule has 1 N–H and O–H groups in total. The average molecular weight is 350 g/mol. The van der Waals surface area contributed by atoms with Gasteiger partial charge in [0.25, 0.3) is 5.91 Å². The summed E-state index contributed by atoms with van der Waals surface area (Å²) in [6.45, 7) is 2.25. The minimum atomic E-state index is -0.458. The van der Waals surface area contributed by atoms with Crippen LogP contribution >= 0.6 is 0 Å². The van der Waals surface area contributed by atoms with Crippen molar-refractivity contribution in [1.82, 2.24) is 10.3 Å². The number of fused-ring (bicyclic) bond motifs is 1. The topological polar surface area (TPSA) is 51.2 Å². The molecule has 132 valence electrons. The summed E-state index contributed by atoms with van der Waals surface area (Å²) in [6.07, 6.45) is 5.33. The Kier molecular flexibility index (Phi) is 5.59. The monoisotopic (exact) mass is 350 g/mol. The van der Waals surface area contributed by atoms with Gasteiger partial charge in [0, 0.05) is 29.3 Å². The molecule has 0 aliphatic heterocycles. The van der Waals surface area contributed by atoms with Crippen molar-refractivity contribution in [2.75, 3.05) is 6.61 Å². The number of nitrogens with zero attached hydrogens (tertiary/aromatic N) is 1. The van der Waals surface area contributed by atoms with Crippen molar-refractivity contribution in [3.8, 4) is 5.75 Å². The van der Waals surface area contributed by atoms with Crippen molar-refractivity contribution in [2.24, 2.45) is 0 Å². The first-order chi connectivity index (χ1) is 12.7. The van der Waals surface area contributed by atoms with E-state index in [1.807, 2.05) is 25.1 Å². The normalized spacial score (nSPS) is 11.0. The molecule has 0 fully saturated rings. The first-order valence-electron chi connectivity index (χ1n) is 8.33. The van der Waals surface area contributed by atoms with Crippen LogP contribution in [-0.2, 0) is 6.54 Å². The second-order valence-electron chi connectivity index (χ2n) is 5.70. The number of hydrogen-bond acceptors (Lipinski definition) is 3. The van der Waals surface area contributed by atoms with Crippen LogP contribution in [0.1, 0.15) is 22.8 Å². The molecule has 3 aromatic rings. The molecular formula is C21H19FN2O2. The first-order valence-corrected chi connectivity index (χ1v) is 8.33. The van der Waals surface area contributed by atoms with Gasteiger partial charge >= 0.3 is 0 Å². The van der Waals surface area contributed by atoms with Crippen molar-refractivity contribution in [2.45, 2.75) is 13.5 Å². The van der Waals surface area contributed by atoms with E-state index in [0.29, 0.717) is 17.7 Å². The van der Waals surface area contributed by atoms with Crippen LogP contribution in [0.5, 0.6) is 5.75 Å². The lowest BCUT2D eigenvalue weighted by Crippen LogP contribution is -2.23. The number of aromatic nitrogens is 1. The van der Waals surface area contributed by atoms with Crippen LogP contribution in [0.2, 0.25) is 0 Å². The van der Waals surface area contributed by atoms with Crippen molar-refractivity contribution in [1.29, 1.82) is 0 Å². The van der Waals surface area contributed by atoms with E-state index >= 15 is 0 Å². The molecule has 1 amide bonds. The molecule has 0 unspecified atom stereocenters. The van der Waals surface area contributed by atoms with Gasteiger partial charge in [-0.1, -0.05) is 30.4 Å². The molecule has 5 heteroatoms. The molecular weight excluding hydrogens is 331 g/mol. The van der Waals surface area contributed by atoms with Gasteiger partial charge in [-0.25, -0.2) is 4.39 Å². The quantitative estimate of drug-likeness (QED) is 0.676. The van der Waals surface area contributed by atoms with Gasteiger partial charge in [0.05, 0.1) is 5.52 Å². The molecule has 0 aliphatic carbocycles. The maximum atomic E-state index is 14.5. The number of rotatable bonds is 6. The molecule has 0 atom stereocenters. The molecule has 2 aromatic carbocycles. The SMILES string of the molecule is CC=CCOc1cccc(CNC(=O)c2ccc3ncccc3c2)c1F. The zero-order chi connectivity index (χ0) is 18.4. The molecule has 0 spiro atoms. The maximum Gasteiger partial charge on any atom is 0.251 e. The van der Waals surface area contributed by atoms with E-state index < -0.39 is 5.82 Å². The molecule has 1 aromatic heterocycles. The Hall–Kier alpha value is -3.21. The van der Waals surface area contributed by atoms with Gasteiger partial charge in [-0.2, -0.15) is 0 Å². The number of carbonyl (C=O) groups excluding carboxylic acids is 1. The first kappa shape index (κ1) is 17.6. The van der Waals surface area contributed by atoms with Crippen molar-refractivity contribution in [3.63, 3.8) is 0 Å². The van der Waals surface area contributed by atoms with E-state index in [9.17, 15) is 9.18 Å². The number of nitrogens with one attached hydrogen (secondary N) is 1. The fourth-order valence-corrected chi connectivity index (χ4v) is 2.53. The summed E-state index contributed by atoms with van der Waals surface area (Å²) in [5.74, 6) is -0.554. The number of hydrogen-bond donors (Lipinski definition) is 1. The predicted molar refractivity (Wildman–Crippen MR) is 99.6 cm³/mol. The second kappa shape index (κ2) is 8.25. The van der Waals surface area contributed by atoms with Gasteiger partial charge in [0.2, 0.25) is 0 Å². The standard InChI is InChI=1S/C21H19FN2O2/c1-2-3-12-26-19-8-4-6-17(20(19)22)14-24-21(25)16-9-10-18-15(13-16)7-5-11-23-18/h2-11,13H,12,14H2,1H3,(H,24,25). The zero-order valence-electron chi connectivity index (χ0n) is 14.4. The van der Waals surface area contributed by atoms with E-state index in [-0.39, 0.29) is 18.2 Å². The van der Waals surface area contributed by atoms with Crippen LogP contribution in [0.25, 0.3) is 10.9 Å². The summed E-state index contributed by atoms with van der Waals surface area (Å²) < 4.78 is 19.8. The molecule has 0 saturated carbocycles. The van der Waals surface area contributed by atoms with Crippen LogP contribution in [0.3, 0.4) is 0 Å². The summed E-state index contributed by atoms with van der Waals surface area (Å²) in [7, 11) is 0. The lowest BCUT2D eigenvalue weighted by atomic mass is 10.1. The Morgan fingerprint density at radius 2 is 2.12 bits per heavy atom. The van der Waals surface area contributed by atoms with E-state index in [2.05, 4.69) is 10.3 Å². The van der Waals surface area contributed by atoms with Gasteiger partial charge < -0.3 is 10.1 Å². The third kappa shape index (κ3) is 4.06. The number of halogens is 1. The molecule has 0 bridgehead atoms. The van der Waals surface area contributed by atoms with Gasteiger partial charge in [-0.15, -0.1) is 0 Å². The lowest BCUT2D eigenvalue weighted by Gasteiger charge is -2.10. The fourth-order valence-electron chi connectivity index (χ4n) is 2.53. The van der Waals surface area contributed by atoms with E-state index in [1.165, 1.54) is 0 Å². The minimum Gasteiger partial charge on any atom is -0.486 e. The predicted octanol–water partition coefficient (Wildman–Crippen LogP) is 4.26. The van der Waals surface area contributed by atoms with Gasteiger partial charge in [-0.05, 0) is 37.3 Å². The average Bonchev–Trinajstić information content (AvgIpc) is 2.68. The lowest BCUT2D eigenvalue weighted by molar-refractivity contribution is 0.0950. The van der Waals surface area contributed by atoms with Crippen LogP contribution in [0.4, 0.5) is 4.39 Å². The number of carbonyl (C=O) groups is 1. The highest BCUT2D eigenvalue weighted by atomic mass is 19.1. The fraction of sp³-hybridized carbons (Fsp3) is 0.143. The third-order valence-electron chi connectivity index (χ3n) is 3.92. The number of ether oxygens (including phenoxy) is 1. The molecule has 3 rings (SSSR count). The Labute approximate surface area is 151 Å². The highest BCUT2D eigenvalue weighted by Gasteiger charge is 2.11. The molecule has 26 heavy (non-hydrogen) atoms. The van der Waals surface area contributed by atoms with E-state index in [0.717, 1.165) is 10.9 Å². The Morgan fingerprint density at radius 3 is 2.96 bits per heavy atom. The highest BCUT2D eigenvalue weighted by molar-refractivity contribution is 5.97. The number of pyridine rings is 1. The number of allylic oxidation sites excluding steroid dienone is 1. The van der Waals surface area contributed by atoms with Crippen LogP contribution in [0.15, 0.2) is 66.9 Å². The number of benzene rings is 2. The molecule has 0 radical (unpaired) electrons. The zero-order valence-corrected chi connectivity index (χ0v) is 14.4. The van der Waals surface area contributed by atoms with Crippen LogP contribution < -0.4 is 10.1 Å². The third-order valence-corrected chi connectivity index (χ3v) is 3.92. The second-order valence-corrected chi connectivity index (χ2v) is 5.70. The van der Waals surface area contributed by atoms with Crippen molar-refractivity contribution < 1.29 is 13.9 Å². The van der Waals surface area contributed by atoms with Gasteiger partial charge in [0.1, 0.15) is 6.61 Å². The summed E-state index contributed by atoms with van der Waals surface area (Å²) in [5.41, 5.74) is 1.70. The van der Waals surface area contributed by atoms with Crippen molar-refractivity contribution in [3.05, 3.63) is 83.8 Å². The Balaban J connectivity index is 1.69. The van der Waals surface area contributed by atoms with Crippen LogP contribution in [0, 0.1) is 5.82 Å². The van der Waals surface area contributed by atoms with E-state index in [1.54, 1.807) is 48.7 Å². The largest absolute Gasteiger partial charge is 0.486 e. The highest BCUT2D eigenvalue weighted by Crippen LogP contribution is 2.21. The Bertz CT molecular complexity index is 954. The summed E-state index contributed by atoms with van der Waals surface area (Å²) in [6, 6.07) is 13.9.